The van der Waals surface area contributed by atoms with Gasteiger partial charge in [-0.25, -0.2) is 4.39 Å². The summed E-state index contributed by atoms with van der Waals surface area (Å²) in [5.74, 6) is 1.53. The SMILES string of the molecule is Cl.Fc1cccc(OCc2noc([C@@H]3CCNC3)n2)c1. The molecule has 5 nitrogen and oxygen atoms in total. The van der Waals surface area contributed by atoms with Crippen LogP contribution < -0.4 is 10.1 Å². The summed E-state index contributed by atoms with van der Waals surface area (Å²) in [6.07, 6.45) is 1.01. The largest absolute Gasteiger partial charge is 0.485 e. The van der Waals surface area contributed by atoms with Gasteiger partial charge in [0.1, 0.15) is 11.6 Å². The molecule has 0 unspecified atom stereocenters. The molecule has 0 radical (unpaired) electrons. The van der Waals surface area contributed by atoms with E-state index in [1.807, 2.05) is 0 Å². The smallest absolute Gasteiger partial charge is 0.231 e. The van der Waals surface area contributed by atoms with E-state index in [0.717, 1.165) is 19.5 Å². The van der Waals surface area contributed by atoms with E-state index in [1.165, 1.54) is 12.1 Å². The quantitative estimate of drug-likeness (QED) is 0.938. The van der Waals surface area contributed by atoms with Gasteiger partial charge in [-0.2, -0.15) is 4.98 Å². The van der Waals surface area contributed by atoms with Gasteiger partial charge >= 0.3 is 0 Å². The summed E-state index contributed by atoms with van der Waals surface area (Å²) < 4.78 is 23.6. The van der Waals surface area contributed by atoms with Gasteiger partial charge in [-0.15, -0.1) is 12.4 Å². The van der Waals surface area contributed by atoms with Crippen molar-refractivity contribution in [2.75, 3.05) is 13.1 Å². The van der Waals surface area contributed by atoms with E-state index in [0.29, 0.717) is 17.5 Å². The third kappa shape index (κ3) is 3.46. The van der Waals surface area contributed by atoms with E-state index < -0.39 is 0 Å². The van der Waals surface area contributed by atoms with Gasteiger partial charge in [-0.05, 0) is 25.1 Å². The second-order valence-corrected chi connectivity index (χ2v) is 4.48. The zero-order valence-electron chi connectivity index (χ0n) is 10.7. The maximum atomic E-state index is 13.0. The highest BCUT2D eigenvalue weighted by molar-refractivity contribution is 5.85. The van der Waals surface area contributed by atoms with Crippen LogP contribution in [0.2, 0.25) is 0 Å². The zero-order valence-corrected chi connectivity index (χ0v) is 11.5. The highest BCUT2D eigenvalue weighted by atomic mass is 35.5. The van der Waals surface area contributed by atoms with Crippen molar-refractivity contribution in [3.05, 3.63) is 41.8 Å². The number of hydrogen-bond acceptors (Lipinski definition) is 5. The lowest BCUT2D eigenvalue weighted by molar-refractivity contribution is 0.283. The van der Waals surface area contributed by atoms with Crippen LogP contribution in [-0.2, 0) is 6.61 Å². The first-order chi connectivity index (χ1) is 9.31. The molecule has 108 valence electrons. The number of hydrogen-bond donors (Lipinski definition) is 1. The zero-order chi connectivity index (χ0) is 13.1. The normalized spacial score (nSPS) is 17.8. The molecule has 1 N–H and O–H groups in total. The molecule has 1 aromatic carbocycles. The molecule has 1 aromatic heterocycles. The molecule has 2 heterocycles. The molecular weight excluding hydrogens is 285 g/mol. The number of aromatic nitrogens is 2. The molecule has 0 amide bonds. The van der Waals surface area contributed by atoms with E-state index >= 15 is 0 Å². The molecular formula is C13H15ClFN3O2. The van der Waals surface area contributed by atoms with Crippen LogP contribution in [0, 0.1) is 5.82 Å². The average Bonchev–Trinajstić information content (AvgIpc) is 3.07. The average molecular weight is 300 g/mol. The number of rotatable bonds is 4. The molecule has 1 fully saturated rings. The molecule has 7 heteroatoms. The van der Waals surface area contributed by atoms with Crippen LogP contribution in [0.25, 0.3) is 0 Å². The van der Waals surface area contributed by atoms with Gasteiger partial charge in [0.15, 0.2) is 6.61 Å². The highest BCUT2D eigenvalue weighted by Crippen LogP contribution is 2.20. The summed E-state index contributed by atoms with van der Waals surface area (Å²) in [4.78, 5) is 4.29. The fourth-order valence-corrected chi connectivity index (χ4v) is 2.06. The Morgan fingerprint density at radius 1 is 1.45 bits per heavy atom. The first-order valence-electron chi connectivity index (χ1n) is 6.23. The van der Waals surface area contributed by atoms with Gasteiger partial charge in [-0.1, -0.05) is 11.2 Å². The minimum Gasteiger partial charge on any atom is -0.485 e. The van der Waals surface area contributed by atoms with Gasteiger partial charge in [0.05, 0.1) is 5.92 Å². The number of nitrogens with one attached hydrogen (secondary N) is 1. The predicted molar refractivity (Wildman–Crippen MR) is 72.5 cm³/mol. The Hall–Kier alpha value is -1.66. The van der Waals surface area contributed by atoms with Crippen molar-refractivity contribution in [1.82, 2.24) is 15.5 Å². The summed E-state index contributed by atoms with van der Waals surface area (Å²) in [6, 6.07) is 5.97. The van der Waals surface area contributed by atoms with E-state index in [2.05, 4.69) is 15.5 Å². The second kappa shape index (κ2) is 6.67. The third-order valence-electron chi connectivity index (χ3n) is 3.06. The van der Waals surface area contributed by atoms with Crippen LogP contribution in [-0.4, -0.2) is 23.2 Å². The molecule has 1 aliphatic heterocycles. The Labute approximate surface area is 121 Å². The summed E-state index contributed by atoms with van der Waals surface area (Å²) in [5, 5.41) is 7.11. The van der Waals surface area contributed by atoms with E-state index in [-0.39, 0.29) is 30.7 Å². The van der Waals surface area contributed by atoms with Crippen LogP contribution in [0.1, 0.15) is 24.1 Å². The standard InChI is InChI=1S/C13H14FN3O2.ClH/c14-10-2-1-3-11(6-10)18-8-12-16-13(19-17-12)9-4-5-15-7-9;/h1-3,6,9,15H,4-5,7-8H2;1H/t9-;/m1./s1. The Balaban J connectivity index is 0.00000147. The van der Waals surface area contributed by atoms with Crippen molar-refractivity contribution < 1.29 is 13.7 Å². The summed E-state index contributed by atoms with van der Waals surface area (Å²) in [5.41, 5.74) is 0. The Kier molecular flexibility index (Phi) is 4.92. The molecule has 0 spiro atoms. The Morgan fingerprint density at radius 3 is 3.10 bits per heavy atom. The van der Waals surface area contributed by atoms with Gasteiger partial charge in [0.2, 0.25) is 11.7 Å². The van der Waals surface area contributed by atoms with Gasteiger partial charge in [0, 0.05) is 12.6 Å². The van der Waals surface area contributed by atoms with Gasteiger partial charge in [-0.3, -0.25) is 0 Å². The minimum atomic E-state index is -0.330. The van der Waals surface area contributed by atoms with Crippen molar-refractivity contribution in [3.8, 4) is 5.75 Å². The number of benzene rings is 1. The fraction of sp³-hybridized carbons (Fsp3) is 0.385. The lowest BCUT2D eigenvalue weighted by atomic mass is 10.1. The monoisotopic (exact) mass is 299 g/mol. The summed E-state index contributed by atoms with van der Waals surface area (Å²) >= 11 is 0. The Bertz CT molecular complexity index is 558. The van der Waals surface area contributed by atoms with Crippen molar-refractivity contribution in [1.29, 1.82) is 0 Å². The second-order valence-electron chi connectivity index (χ2n) is 4.48. The lowest BCUT2D eigenvalue weighted by Gasteiger charge is -2.02. The molecule has 2 aromatic rings. The molecule has 1 atom stereocenters. The van der Waals surface area contributed by atoms with Gasteiger partial charge in [0.25, 0.3) is 0 Å². The summed E-state index contributed by atoms with van der Waals surface area (Å²) in [7, 11) is 0. The first-order valence-corrected chi connectivity index (χ1v) is 6.23. The number of halogens is 2. The number of nitrogens with zero attached hydrogens (tertiary/aromatic N) is 2. The predicted octanol–water partition coefficient (Wildman–Crippen LogP) is 2.29. The summed E-state index contributed by atoms with van der Waals surface area (Å²) in [6.45, 7) is 2.02. The van der Waals surface area contributed by atoms with Crippen LogP contribution in [0.5, 0.6) is 5.75 Å². The Morgan fingerprint density at radius 2 is 2.35 bits per heavy atom. The molecule has 0 bridgehead atoms. The topological polar surface area (TPSA) is 60.2 Å². The molecule has 20 heavy (non-hydrogen) atoms. The minimum absolute atomic E-state index is 0. The van der Waals surface area contributed by atoms with Crippen LogP contribution in [0.15, 0.2) is 28.8 Å². The van der Waals surface area contributed by atoms with E-state index in [9.17, 15) is 4.39 Å². The van der Waals surface area contributed by atoms with Gasteiger partial charge < -0.3 is 14.6 Å². The van der Waals surface area contributed by atoms with Crippen molar-refractivity contribution in [2.45, 2.75) is 18.9 Å². The van der Waals surface area contributed by atoms with Crippen molar-refractivity contribution in [3.63, 3.8) is 0 Å². The van der Waals surface area contributed by atoms with Crippen LogP contribution in [0.4, 0.5) is 4.39 Å². The van der Waals surface area contributed by atoms with E-state index in [4.69, 9.17) is 9.26 Å². The highest BCUT2D eigenvalue weighted by Gasteiger charge is 2.22. The number of ether oxygens (including phenoxy) is 1. The van der Waals surface area contributed by atoms with Crippen molar-refractivity contribution in [2.24, 2.45) is 0 Å². The van der Waals surface area contributed by atoms with Crippen LogP contribution >= 0.6 is 12.4 Å². The molecule has 1 saturated heterocycles. The van der Waals surface area contributed by atoms with E-state index in [1.54, 1.807) is 12.1 Å². The molecule has 3 rings (SSSR count). The lowest BCUT2D eigenvalue weighted by Crippen LogP contribution is -2.08. The first kappa shape index (κ1) is 14.7. The third-order valence-corrected chi connectivity index (χ3v) is 3.06. The molecule has 0 aliphatic carbocycles. The molecule has 0 saturated carbocycles. The van der Waals surface area contributed by atoms with Crippen LogP contribution in [0.3, 0.4) is 0 Å². The fourth-order valence-electron chi connectivity index (χ4n) is 2.06. The maximum absolute atomic E-state index is 13.0. The van der Waals surface area contributed by atoms with Crippen molar-refractivity contribution >= 4 is 12.4 Å². The molecule has 1 aliphatic rings. The maximum Gasteiger partial charge on any atom is 0.231 e.